The second-order valence-electron chi connectivity index (χ2n) is 18.8. The van der Waals surface area contributed by atoms with Crippen LogP contribution in [0, 0.1) is 0 Å². The molecule has 0 aliphatic heterocycles. The Morgan fingerprint density at radius 3 is 0.547 bits per heavy atom. The van der Waals surface area contributed by atoms with Gasteiger partial charge in [0.15, 0.2) is 0 Å². The Hall–Kier alpha value is 1.32. The van der Waals surface area contributed by atoms with Gasteiger partial charge in [-0.05, 0) is 89.9 Å². The molecule has 53 heavy (non-hydrogen) atoms. The van der Waals surface area contributed by atoms with Gasteiger partial charge < -0.3 is 64.4 Å². The summed E-state index contributed by atoms with van der Waals surface area (Å²) in [6.45, 7) is 16.7. The van der Waals surface area contributed by atoms with Crippen LogP contribution in [0.2, 0.25) is 0 Å². The van der Waals surface area contributed by atoms with Crippen LogP contribution in [0.4, 0.5) is 0 Å². The molecule has 0 bridgehead atoms. The predicted molar refractivity (Wildman–Crippen MR) is 229 cm³/mol. The third kappa shape index (κ3) is 44.3. The van der Waals surface area contributed by atoms with E-state index in [1.54, 1.807) is 0 Å². The number of quaternary nitrogens is 3. The van der Waals surface area contributed by atoms with Crippen LogP contribution in [0.5, 0.6) is 0 Å². The zero-order chi connectivity index (χ0) is 37.1. The molecule has 0 rings (SSSR count). The first-order valence-corrected chi connectivity index (χ1v) is 23.6. The van der Waals surface area contributed by atoms with Gasteiger partial charge in [-0.3, -0.25) is 0 Å². The van der Waals surface area contributed by atoms with Crippen LogP contribution in [0.15, 0.2) is 0 Å². The van der Waals surface area contributed by atoms with Crippen molar-refractivity contribution in [2.45, 2.75) is 226 Å². The maximum Gasteiger partial charge on any atom is 0.0784 e. The molecule has 0 amide bonds. The Kier molecular flexibility index (Phi) is 49.4. The quantitative estimate of drug-likeness (QED) is 0.0590. The fourth-order valence-electron chi connectivity index (χ4n) is 8.31. The average Bonchev–Trinajstić information content (AvgIpc) is 3.08. The van der Waals surface area contributed by atoms with E-state index in [0.717, 1.165) is 0 Å². The van der Waals surface area contributed by atoms with Crippen LogP contribution < -0.4 is 50.9 Å². The van der Waals surface area contributed by atoms with E-state index in [1.807, 2.05) is 0 Å². The van der Waals surface area contributed by atoms with Gasteiger partial charge in [0, 0.05) is 0 Å². The van der Waals surface area contributed by atoms with Crippen molar-refractivity contribution in [2.75, 3.05) is 81.1 Å². The smallest absolute Gasteiger partial charge is 0.0784 e. The fourth-order valence-corrected chi connectivity index (χ4v) is 8.31. The van der Waals surface area contributed by atoms with E-state index in [2.05, 4.69) is 56.0 Å². The minimum Gasteiger partial charge on any atom is -1.00 e. The Labute approximate surface area is 369 Å². The summed E-state index contributed by atoms with van der Waals surface area (Å²) in [5.74, 6) is 0. The van der Waals surface area contributed by atoms with E-state index in [9.17, 15) is 0 Å². The van der Waals surface area contributed by atoms with E-state index >= 15 is 0 Å². The molecule has 3 nitrogen and oxygen atoms in total. The van der Waals surface area contributed by atoms with Crippen molar-refractivity contribution in [2.24, 2.45) is 0 Å². The standard InChI is InChI=1S/C47H102N3.3BrH/c1-9-12-15-18-21-24-27-34-41-48(4,5)43-36-30-32-39-46-50(8,45-38-29-26-23-20-17-14-11-3)47-40-33-31-37-44-49(6,7)42-35-28-25-22-19-16-13-10-2;;;/h9-47H2,1-8H3;3*1H/q+3;;;/p-3. The van der Waals surface area contributed by atoms with E-state index < -0.39 is 0 Å². The van der Waals surface area contributed by atoms with E-state index in [0.29, 0.717) is 0 Å². The molecule has 0 radical (unpaired) electrons. The van der Waals surface area contributed by atoms with Crippen molar-refractivity contribution in [1.29, 1.82) is 0 Å². The molecule has 0 heterocycles. The second-order valence-corrected chi connectivity index (χ2v) is 18.8. The topological polar surface area (TPSA) is 0 Å². The van der Waals surface area contributed by atoms with Gasteiger partial charge >= 0.3 is 0 Å². The van der Waals surface area contributed by atoms with Gasteiger partial charge in [-0.25, -0.2) is 0 Å². The Morgan fingerprint density at radius 2 is 0.358 bits per heavy atom. The van der Waals surface area contributed by atoms with Crippen molar-refractivity contribution >= 4 is 0 Å². The van der Waals surface area contributed by atoms with Crippen molar-refractivity contribution < 1.29 is 64.4 Å². The Morgan fingerprint density at radius 1 is 0.208 bits per heavy atom. The highest BCUT2D eigenvalue weighted by Crippen LogP contribution is 2.18. The van der Waals surface area contributed by atoms with Crippen molar-refractivity contribution in [3.8, 4) is 0 Å². The van der Waals surface area contributed by atoms with E-state index in [4.69, 9.17) is 0 Å². The molecule has 0 saturated carbocycles. The van der Waals surface area contributed by atoms with Gasteiger partial charge in [0.05, 0.1) is 81.1 Å². The number of rotatable bonds is 41. The normalized spacial score (nSPS) is 12.0. The minimum atomic E-state index is 0. The van der Waals surface area contributed by atoms with Gasteiger partial charge in [-0.15, -0.1) is 0 Å². The molecular formula is C47H102Br3N3. The van der Waals surface area contributed by atoms with Gasteiger partial charge in [-0.1, -0.05) is 136 Å². The van der Waals surface area contributed by atoms with Gasteiger partial charge in [0.25, 0.3) is 0 Å². The molecule has 0 aliphatic carbocycles. The molecular weight excluding hydrogens is 846 g/mol. The summed E-state index contributed by atoms with van der Waals surface area (Å²) in [7, 11) is 12.5. The average molecular weight is 949 g/mol. The van der Waals surface area contributed by atoms with Crippen LogP contribution >= 0.6 is 0 Å². The molecule has 326 valence electrons. The van der Waals surface area contributed by atoms with Crippen molar-refractivity contribution in [1.82, 2.24) is 0 Å². The first-order chi connectivity index (χ1) is 24.1. The zero-order valence-corrected chi connectivity index (χ0v) is 42.8. The molecule has 0 fully saturated rings. The third-order valence-electron chi connectivity index (χ3n) is 12.2. The number of nitrogens with zero attached hydrogens (tertiary/aromatic N) is 3. The highest BCUT2D eigenvalue weighted by molar-refractivity contribution is 4.53. The fraction of sp³-hybridized carbons (Fsp3) is 1.00. The molecule has 0 aromatic heterocycles. The summed E-state index contributed by atoms with van der Waals surface area (Å²) >= 11 is 0. The minimum absolute atomic E-state index is 0. The lowest BCUT2D eigenvalue weighted by molar-refractivity contribution is -0.910. The van der Waals surface area contributed by atoms with Gasteiger partial charge in [-0.2, -0.15) is 0 Å². The van der Waals surface area contributed by atoms with Gasteiger partial charge in [0.1, 0.15) is 0 Å². The van der Waals surface area contributed by atoms with Crippen LogP contribution in [0.25, 0.3) is 0 Å². The maximum absolute atomic E-state index is 2.62. The molecule has 0 spiro atoms. The summed E-state index contributed by atoms with van der Waals surface area (Å²) in [5, 5.41) is 0. The molecule has 0 saturated heterocycles. The highest BCUT2D eigenvalue weighted by Gasteiger charge is 2.21. The summed E-state index contributed by atoms with van der Waals surface area (Å²) in [5.41, 5.74) is 0. The summed E-state index contributed by atoms with van der Waals surface area (Å²) in [6, 6.07) is 0. The summed E-state index contributed by atoms with van der Waals surface area (Å²) < 4.78 is 3.81. The Bertz CT molecular complexity index is 644. The number of hydrogen-bond donors (Lipinski definition) is 0. The van der Waals surface area contributed by atoms with Crippen molar-refractivity contribution in [3.63, 3.8) is 0 Å². The second kappa shape index (κ2) is 42.9. The highest BCUT2D eigenvalue weighted by atomic mass is 79.9. The molecule has 0 N–H and O–H groups in total. The molecule has 0 aromatic carbocycles. The van der Waals surface area contributed by atoms with Crippen LogP contribution in [-0.4, -0.2) is 94.5 Å². The molecule has 0 atom stereocenters. The number of hydrogen-bond acceptors (Lipinski definition) is 0. The van der Waals surface area contributed by atoms with Crippen LogP contribution in [0.1, 0.15) is 226 Å². The lowest BCUT2D eigenvalue weighted by Gasteiger charge is -2.35. The van der Waals surface area contributed by atoms with E-state index in [1.165, 1.54) is 265 Å². The van der Waals surface area contributed by atoms with Crippen molar-refractivity contribution in [3.05, 3.63) is 0 Å². The van der Waals surface area contributed by atoms with Gasteiger partial charge in [0.2, 0.25) is 0 Å². The van der Waals surface area contributed by atoms with E-state index in [-0.39, 0.29) is 50.9 Å². The molecule has 0 unspecified atom stereocenters. The largest absolute Gasteiger partial charge is 1.00 e. The first kappa shape index (κ1) is 61.0. The lowest BCUT2D eigenvalue weighted by atomic mass is 10.1. The van der Waals surface area contributed by atoms with Crippen LogP contribution in [-0.2, 0) is 0 Å². The maximum atomic E-state index is 2.62. The SMILES string of the molecule is CCCCCCCCCC[N+](C)(C)CCCCCC[N+](C)(CCCCCCCCCC)CCCCCC[N+](C)(C)CCCCCCCCCC.[Br-].[Br-].[Br-]. The zero-order valence-electron chi connectivity index (χ0n) is 38.1. The lowest BCUT2D eigenvalue weighted by Crippen LogP contribution is -3.00. The first-order valence-electron chi connectivity index (χ1n) is 23.6. The van der Waals surface area contributed by atoms with Crippen LogP contribution in [0.3, 0.4) is 0 Å². The molecule has 0 aliphatic rings. The Balaban J connectivity index is -0.00000400. The summed E-state index contributed by atoms with van der Waals surface area (Å²) in [4.78, 5) is 0. The molecule has 0 aromatic rings. The molecule has 6 heteroatoms. The summed E-state index contributed by atoms with van der Waals surface area (Å²) in [6.07, 6.45) is 45.9. The number of unbranched alkanes of at least 4 members (excludes halogenated alkanes) is 27. The number of halogens is 3. The monoisotopic (exact) mass is 946 g/mol. The third-order valence-corrected chi connectivity index (χ3v) is 12.2. The predicted octanol–water partition coefficient (Wildman–Crippen LogP) is 5.14.